The van der Waals surface area contributed by atoms with Gasteiger partial charge in [-0.15, -0.1) is 0 Å². The summed E-state index contributed by atoms with van der Waals surface area (Å²) >= 11 is 0. The second kappa shape index (κ2) is 9.78. The molecule has 1 saturated heterocycles. The molecule has 7 heteroatoms. The number of ether oxygens (including phenoxy) is 2. The summed E-state index contributed by atoms with van der Waals surface area (Å²) in [6, 6.07) is 7.91. The van der Waals surface area contributed by atoms with Crippen LogP contribution in [0.2, 0.25) is 0 Å². The van der Waals surface area contributed by atoms with E-state index in [-0.39, 0.29) is 17.8 Å². The van der Waals surface area contributed by atoms with Gasteiger partial charge in [0.1, 0.15) is 11.5 Å². The fourth-order valence-electron chi connectivity index (χ4n) is 3.53. The van der Waals surface area contributed by atoms with Gasteiger partial charge in [0.15, 0.2) is 0 Å². The molecule has 29 heavy (non-hydrogen) atoms. The normalized spacial score (nSPS) is 15.7. The lowest BCUT2D eigenvalue weighted by molar-refractivity contribution is 0.207. The lowest BCUT2D eigenvalue weighted by atomic mass is 10.0. The van der Waals surface area contributed by atoms with Crippen molar-refractivity contribution in [2.24, 2.45) is 0 Å². The molecule has 1 aliphatic heterocycles. The highest BCUT2D eigenvalue weighted by Gasteiger charge is 2.20. The molecule has 2 heterocycles. The number of likely N-dealkylation sites (tertiary alicyclic amines) is 1. The van der Waals surface area contributed by atoms with Crippen LogP contribution in [0.15, 0.2) is 35.3 Å². The molecule has 1 aliphatic rings. The Balaban J connectivity index is 1.59. The lowest BCUT2D eigenvalue weighted by Crippen LogP contribution is -2.39. The molecule has 0 amide bonds. The number of nitrogens with zero attached hydrogens (tertiary/aromatic N) is 2. The standard InChI is InChI=1S/C22H32N4O3/c1-15(2)28-19-11-17(12-20(13-19)29-16(3)4)14-26-9-6-18(7-10-26)24-22-23-8-5-21(27)25-22/h5,8,11-13,15-16,18H,6-7,9-10,14H2,1-4H3,(H2,23,24,25,27). The van der Waals surface area contributed by atoms with Crippen molar-refractivity contribution in [2.75, 3.05) is 18.4 Å². The molecule has 1 aromatic carbocycles. The van der Waals surface area contributed by atoms with Crippen LogP contribution >= 0.6 is 0 Å². The van der Waals surface area contributed by atoms with Gasteiger partial charge in [-0.1, -0.05) is 0 Å². The van der Waals surface area contributed by atoms with Gasteiger partial charge in [-0.05, 0) is 58.2 Å². The van der Waals surface area contributed by atoms with Crippen molar-refractivity contribution in [3.8, 4) is 11.5 Å². The highest BCUT2D eigenvalue weighted by Crippen LogP contribution is 2.26. The summed E-state index contributed by atoms with van der Waals surface area (Å²) in [6.07, 6.45) is 3.76. The molecule has 158 valence electrons. The van der Waals surface area contributed by atoms with Crippen molar-refractivity contribution < 1.29 is 9.47 Å². The van der Waals surface area contributed by atoms with Crippen molar-refractivity contribution in [3.05, 3.63) is 46.4 Å². The third kappa shape index (κ3) is 6.78. The number of nitrogens with one attached hydrogen (secondary N) is 2. The van der Waals surface area contributed by atoms with Crippen LogP contribution in [0.1, 0.15) is 46.1 Å². The van der Waals surface area contributed by atoms with Gasteiger partial charge in [0.2, 0.25) is 5.95 Å². The number of piperidine rings is 1. The number of anilines is 1. The average Bonchev–Trinajstić information content (AvgIpc) is 2.62. The number of aromatic nitrogens is 2. The molecule has 0 unspecified atom stereocenters. The van der Waals surface area contributed by atoms with Crippen molar-refractivity contribution >= 4 is 5.95 Å². The van der Waals surface area contributed by atoms with Crippen LogP contribution in [-0.4, -0.2) is 46.2 Å². The van der Waals surface area contributed by atoms with E-state index < -0.39 is 0 Å². The van der Waals surface area contributed by atoms with Gasteiger partial charge in [0.25, 0.3) is 5.56 Å². The van der Waals surface area contributed by atoms with E-state index in [1.807, 2.05) is 33.8 Å². The maximum Gasteiger partial charge on any atom is 0.252 e. The first-order valence-electron chi connectivity index (χ1n) is 10.4. The third-order valence-corrected chi connectivity index (χ3v) is 4.69. The highest BCUT2D eigenvalue weighted by molar-refractivity contribution is 5.39. The fraction of sp³-hybridized carbons (Fsp3) is 0.545. The number of rotatable bonds is 8. The van der Waals surface area contributed by atoms with Crippen LogP contribution in [0.4, 0.5) is 5.95 Å². The van der Waals surface area contributed by atoms with Gasteiger partial charge in [-0.2, -0.15) is 0 Å². The first-order chi connectivity index (χ1) is 13.9. The molecule has 7 nitrogen and oxygen atoms in total. The maximum atomic E-state index is 11.4. The zero-order chi connectivity index (χ0) is 20.8. The second-order valence-corrected chi connectivity index (χ2v) is 8.12. The topological polar surface area (TPSA) is 79.5 Å². The van der Waals surface area contributed by atoms with Gasteiger partial charge < -0.3 is 14.8 Å². The zero-order valence-corrected chi connectivity index (χ0v) is 17.8. The molecule has 3 rings (SSSR count). The molecule has 2 aromatic rings. The Morgan fingerprint density at radius 2 is 1.72 bits per heavy atom. The van der Waals surface area contributed by atoms with E-state index in [1.165, 1.54) is 17.8 Å². The summed E-state index contributed by atoms with van der Waals surface area (Å²) in [5.41, 5.74) is 1.06. The molecule has 0 aliphatic carbocycles. The van der Waals surface area contributed by atoms with E-state index in [0.717, 1.165) is 44.0 Å². The van der Waals surface area contributed by atoms with Crippen molar-refractivity contribution in [2.45, 2.75) is 65.3 Å². The number of hydrogen-bond acceptors (Lipinski definition) is 6. The lowest BCUT2D eigenvalue weighted by Gasteiger charge is -2.32. The monoisotopic (exact) mass is 400 g/mol. The van der Waals surface area contributed by atoms with Crippen molar-refractivity contribution in [3.63, 3.8) is 0 Å². The SMILES string of the molecule is CC(C)Oc1cc(CN2CCC(Nc3nccc(=O)[nH]3)CC2)cc(OC(C)C)c1. The number of hydrogen-bond donors (Lipinski definition) is 2. The smallest absolute Gasteiger partial charge is 0.252 e. The van der Waals surface area contributed by atoms with E-state index in [2.05, 4.69) is 32.3 Å². The molecular formula is C22H32N4O3. The Labute approximate surface area is 172 Å². The van der Waals surface area contributed by atoms with Crippen LogP contribution in [0.5, 0.6) is 11.5 Å². The summed E-state index contributed by atoms with van der Waals surface area (Å²) < 4.78 is 11.8. The average molecular weight is 401 g/mol. The van der Waals surface area contributed by atoms with E-state index in [0.29, 0.717) is 12.0 Å². The largest absolute Gasteiger partial charge is 0.491 e. The predicted octanol–water partition coefficient (Wildman–Crippen LogP) is 3.42. The number of benzene rings is 1. The van der Waals surface area contributed by atoms with E-state index in [4.69, 9.17) is 9.47 Å². The number of aromatic amines is 1. The Hall–Kier alpha value is -2.54. The van der Waals surface area contributed by atoms with Crippen LogP contribution in [0, 0.1) is 0 Å². The van der Waals surface area contributed by atoms with Gasteiger partial charge in [-0.25, -0.2) is 4.98 Å². The van der Waals surface area contributed by atoms with Crippen LogP contribution in [0.3, 0.4) is 0 Å². The van der Waals surface area contributed by atoms with Crippen LogP contribution < -0.4 is 20.3 Å². The van der Waals surface area contributed by atoms with Gasteiger partial charge in [0, 0.05) is 44.0 Å². The second-order valence-electron chi connectivity index (χ2n) is 8.12. The van der Waals surface area contributed by atoms with E-state index >= 15 is 0 Å². The zero-order valence-electron chi connectivity index (χ0n) is 17.8. The Bertz CT molecular complexity index is 814. The van der Waals surface area contributed by atoms with E-state index in [9.17, 15) is 4.79 Å². The molecule has 0 atom stereocenters. The van der Waals surface area contributed by atoms with Crippen LogP contribution in [-0.2, 0) is 6.54 Å². The first kappa shape index (κ1) is 21.2. The minimum Gasteiger partial charge on any atom is -0.491 e. The molecule has 0 spiro atoms. The summed E-state index contributed by atoms with van der Waals surface area (Å²) in [5, 5.41) is 3.33. The molecule has 1 aromatic heterocycles. The molecule has 0 saturated carbocycles. The minimum absolute atomic E-state index is 0.122. The molecule has 0 bridgehead atoms. The predicted molar refractivity (Wildman–Crippen MR) is 115 cm³/mol. The number of H-pyrrole nitrogens is 1. The summed E-state index contributed by atoms with van der Waals surface area (Å²) in [7, 11) is 0. The maximum absolute atomic E-state index is 11.4. The van der Waals surface area contributed by atoms with Crippen molar-refractivity contribution in [1.82, 2.24) is 14.9 Å². The van der Waals surface area contributed by atoms with Crippen molar-refractivity contribution in [1.29, 1.82) is 0 Å². The molecular weight excluding hydrogens is 368 g/mol. The Kier molecular flexibility index (Phi) is 7.14. The molecule has 0 radical (unpaired) electrons. The highest BCUT2D eigenvalue weighted by atomic mass is 16.5. The fourth-order valence-corrected chi connectivity index (χ4v) is 3.53. The Morgan fingerprint density at radius 3 is 2.28 bits per heavy atom. The summed E-state index contributed by atoms with van der Waals surface area (Å²) in [4.78, 5) is 20.8. The van der Waals surface area contributed by atoms with Gasteiger partial charge >= 0.3 is 0 Å². The first-order valence-corrected chi connectivity index (χ1v) is 10.4. The quantitative estimate of drug-likeness (QED) is 0.707. The van der Waals surface area contributed by atoms with E-state index in [1.54, 1.807) is 0 Å². The summed E-state index contributed by atoms with van der Waals surface area (Å²) in [6.45, 7) is 10.9. The molecule has 1 fully saturated rings. The summed E-state index contributed by atoms with van der Waals surface area (Å²) in [5.74, 6) is 2.25. The van der Waals surface area contributed by atoms with Gasteiger partial charge in [-0.3, -0.25) is 14.7 Å². The molecule has 2 N–H and O–H groups in total. The third-order valence-electron chi connectivity index (χ3n) is 4.69. The minimum atomic E-state index is -0.136. The van der Waals surface area contributed by atoms with Gasteiger partial charge in [0.05, 0.1) is 12.2 Å². The van der Waals surface area contributed by atoms with Crippen LogP contribution in [0.25, 0.3) is 0 Å². The Morgan fingerprint density at radius 1 is 1.10 bits per heavy atom.